The maximum atomic E-state index is 10.5. The fourth-order valence-electron chi connectivity index (χ4n) is 1.36. The molecule has 0 atom stereocenters. The highest BCUT2D eigenvalue weighted by Gasteiger charge is 2.10. The SMILES string of the molecule is O=[N+]([O-])c1ccc(Oc2cccc(O)c2)c(Cl)c1. The Bertz CT molecular complexity index is 600. The minimum Gasteiger partial charge on any atom is -0.508 e. The number of ether oxygens (including phenoxy) is 1. The number of nitro groups is 1. The highest BCUT2D eigenvalue weighted by molar-refractivity contribution is 6.32. The number of phenolic OH excluding ortho intramolecular Hbond substituents is 1. The van der Waals surface area contributed by atoms with E-state index >= 15 is 0 Å². The lowest BCUT2D eigenvalue weighted by atomic mass is 10.3. The van der Waals surface area contributed by atoms with Crippen molar-refractivity contribution in [2.75, 3.05) is 0 Å². The molecular weight excluding hydrogens is 258 g/mol. The highest BCUT2D eigenvalue weighted by Crippen LogP contribution is 2.33. The summed E-state index contributed by atoms with van der Waals surface area (Å²) in [6.07, 6.45) is 0. The van der Waals surface area contributed by atoms with E-state index in [0.29, 0.717) is 5.75 Å². The molecule has 2 aromatic rings. The number of hydrogen-bond donors (Lipinski definition) is 1. The molecule has 5 nitrogen and oxygen atoms in total. The van der Waals surface area contributed by atoms with Gasteiger partial charge in [0, 0.05) is 18.2 Å². The molecule has 0 aliphatic rings. The molecule has 0 aliphatic heterocycles. The van der Waals surface area contributed by atoms with E-state index in [-0.39, 0.29) is 22.2 Å². The summed E-state index contributed by atoms with van der Waals surface area (Å²) in [5.41, 5.74) is -0.108. The second-order valence-corrected chi connectivity index (χ2v) is 3.88. The van der Waals surface area contributed by atoms with Gasteiger partial charge in [0.05, 0.1) is 9.95 Å². The molecule has 0 fully saturated rings. The average Bonchev–Trinajstić information content (AvgIpc) is 2.31. The summed E-state index contributed by atoms with van der Waals surface area (Å²) < 4.78 is 5.41. The van der Waals surface area contributed by atoms with E-state index in [1.54, 1.807) is 12.1 Å². The quantitative estimate of drug-likeness (QED) is 0.678. The minimum absolute atomic E-state index is 0.0607. The Hall–Kier alpha value is -2.27. The van der Waals surface area contributed by atoms with Gasteiger partial charge in [0.15, 0.2) is 0 Å². The third-order valence-corrected chi connectivity index (χ3v) is 2.47. The molecule has 92 valence electrons. The maximum Gasteiger partial charge on any atom is 0.271 e. The Labute approximate surface area is 107 Å². The Morgan fingerprint density at radius 3 is 2.61 bits per heavy atom. The van der Waals surface area contributed by atoms with Crippen LogP contribution in [0.25, 0.3) is 0 Å². The van der Waals surface area contributed by atoms with Gasteiger partial charge in [-0.1, -0.05) is 17.7 Å². The molecule has 0 aromatic heterocycles. The van der Waals surface area contributed by atoms with Gasteiger partial charge in [0.2, 0.25) is 0 Å². The van der Waals surface area contributed by atoms with E-state index in [0.717, 1.165) is 0 Å². The first-order valence-electron chi connectivity index (χ1n) is 4.97. The molecule has 0 aliphatic carbocycles. The third-order valence-electron chi connectivity index (χ3n) is 2.17. The van der Waals surface area contributed by atoms with Gasteiger partial charge in [0.25, 0.3) is 5.69 Å². The maximum absolute atomic E-state index is 10.5. The van der Waals surface area contributed by atoms with E-state index in [2.05, 4.69) is 0 Å². The van der Waals surface area contributed by atoms with Gasteiger partial charge in [-0.05, 0) is 18.2 Å². The monoisotopic (exact) mass is 265 g/mol. The second-order valence-electron chi connectivity index (χ2n) is 3.47. The number of rotatable bonds is 3. The van der Waals surface area contributed by atoms with Crippen LogP contribution in [0.5, 0.6) is 17.2 Å². The number of halogens is 1. The highest BCUT2D eigenvalue weighted by atomic mass is 35.5. The Morgan fingerprint density at radius 2 is 2.00 bits per heavy atom. The van der Waals surface area contributed by atoms with Crippen molar-refractivity contribution in [3.63, 3.8) is 0 Å². The van der Waals surface area contributed by atoms with E-state index in [4.69, 9.17) is 16.3 Å². The molecule has 1 N–H and O–H groups in total. The summed E-state index contributed by atoms with van der Waals surface area (Å²) in [4.78, 5) is 10.0. The molecule has 0 unspecified atom stereocenters. The lowest BCUT2D eigenvalue weighted by Crippen LogP contribution is -1.89. The number of benzene rings is 2. The van der Waals surface area contributed by atoms with Gasteiger partial charge in [-0.2, -0.15) is 0 Å². The molecule has 0 bridgehead atoms. The van der Waals surface area contributed by atoms with Crippen molar-refractivity contribution in [1.29, 1.82) is 0 Å². The normalized spacial score (nSPS) is 10.1. The number of aromatic hydroxyl groups is 1. The van der Waals surface area contributed by atoms with Crippen molar-refractivity contribution >= 4 is 17.3 Å². The van der Waals surface area contributed by atoms with Crippen molar-refractivity contribution < 1.29 is 14.8 Å². The van der Waals surface area contributed by atoms with Gasteiger partial charge >= 0.3 is 0 Å². The van der Waals surface area contributed by atoms with Crippen molar-refractivity contribution in [3.8, 4) is 17.2 Å². The fourth-order valence-corrected chi connectivity index (χ4v) is 1.57. The van der Waals surface area contributed by atoms with E-state index in [1.807, 2.05) is 0 Å². The van der Waals surface area contributed by atoms with Gasteiger partial charge in [-0.3, -0.25) is 10.1 Å². The van der Waals surface area contributed by atoms with Gasteiger partial charge in [-0.15, -0.1) is 0 Å². The number of non-ortho nitro benzene ring substituents is 1. The van der Waals surface area contributed by atoms with Crippen LogP contribution in [0, 0.1) is 10.1 Å². The molecule has 6 heteroatoms. The molecule has 0 radical (unpaired) electrons. The smallest absolute Gasteiger partial charge is 0.271 e. The zero-order chi connectivity index (χ0) is 13.1. The average molecular weight is 266 g/mol. The predicted molar refractivity (Wildman–Crippen MR) is 66.3 cm³/mol. The Kier molecular flexibility index (Phi) is 3.34. The number of nitro benzene ring substituents is 1. The van der Waals surface area contributed by atoms with Crippen LogP contribution in [0.4, 0.5) is 5.69 Å². The molecule has 18 heavy (non-hydrogen) atoms. The summed E-state index contributed by atoms with van der Waals surface area (Å²) in [6.45, 7) is 0. The lowest BCUT2D eigenvalue weighted by molar-refractivity contribution is -0.384. The summed E-state index contributed by atoms with van der Waals surface area (Å²) in [5.74, 6) is 0.740. The van der Waals surface area contributed by atoms with E-state index in [1.165, 1.54) is 30.3 Å². The molecule has 2 rings (SSSR count). The lowest BCUT2D eigenvalue weighted by Gasteiger charge is -2.07. The van der Waals surface area contributed by atoms with Crippen molar-refractivity contribution in [1.82, 2.24) is 0 Å². The van der Waals surface area contributed by atoms with Crippen LogP contribution in [0.15, 0.2) is 42.5 Å². The number of hydrogen-bond acceptors (Lipinski definition) is 4. The summed E-state index contributed by atoms with van der Waals surface area (Å²) in [7, 11) is 0. The molecule has 0 saturated heterocycles. The molecule has 0 spiro atoms. The molecule has 0 amide bonds. The molecule has 0 heterocycles. The van der Waals surface area contributed by atoms with Crippen LogP contribution in [-0.2, 0) is 0 Å². The zero-order valence-corrected chi connectivity index (χ0v) is 9.79. The standard InChI is InChI=1S/C12H8ClNO4/c13-11-6-8(14(16)17)4-5-12(11)18-10-3-1-2-9(15)7-10/h1-7,15H. The third kappa shape index (κ3) is 2.70. The Morgan fingerprint density at radius 1 is 1.22 bits per heavy atom. The first-order valence-corrected chi connectivity index (χ1v) is 5.35. The number of phenols is 1. The van der Waals surface area contributed by atoms with Crippen molar-refractivity contribution in [2.45, 2.75) is 0 Å². The van der Waals surface area contributed by atoms with Crippen LogP contribution in [0.2, 0.25) is 5.02 Å². The van der Waals surface area contributed by atoms with Crippen LogP contribution in [-0.4, -0.2) is 10.0 Å². The van der Waals surface area contributed by atoms with E-state index in [9.17, 15) is 15.2 Å². The first kappa shape index (κ1) is 12.2. The van der Waals surface area contributed by atoms with Crippen LogP contribution < -0.4 is 4.74 Å². The van der Waals surface area contributed by atoms with Gasteiger partial charge < -0.3 is 9.84 Å². The first-order chi connectivity index (χ1) is 8.56. The topological polar surface area (TPSA) is 72.6 Å². The fraction of sp³-hybridized carbons (Fsp3) is 0. The number of nitrogens with zero attached hydrogens (tertiary/aromatic N) is 1. The van der Waals surface area contributed by atoms with Gasteiger partial charge in [-0.25, -0.2) is 0 Å². The second kappa shape index (κ2) is 4.93. The van der Waals surface area contributed by atoms with E-state index < -0.39 is 4.92 Å². The van der Waals surface area contributed by atoms with Gasteiger partial charge in [0.1, 0.15) is 17.2 Å². The molecule has 2 aromatic carbocycles. The van der Waals surface area contributed by atoms with Crippen molar-refractivity contribution in [3.05, 3.63) is 57.6 Å². The van der Waals surface area contributed by atoms with Crippen molar-refractivity contribution in [2.24, 2.45) is 0 Å². The molecule has 0 saturated carbocycles. The summed E-state index contributed by atoms with van der Waals surface area (Å²) >= 11 is 5.87. The zero-order valence-electron chi connectivity index (χ0n) is 9.04. The molecular formula is C12H8ClNO4. The van der Waals surface area contributed by atoms with Crippen LogP contribution in [0.1, 0.15) is 0 Å². The summed E-state index contributed by atoms with van der Waals surface area (Å²) in [6, 6.07) is 10.1. The predicted octanol–water partition coefficient (Wildman–Crippen LogP) is 3.75. The van der Waals surface area contributed by atoms with Crippen LogP contribution >= 0.6 is 11.6 Å². The van der Waals surface area contributed by atoms with Crippen LogP contribution in [0.3, 0.4) is 0 Å². The largest absolute Gasteiger partial charge is 0.508 e. The Balaban J connectivity index is 2.27. The summed E-state index contributed by atoms with van der Waals surface area (Å²) in [5, 5.41) is 19.9. The minimum atomic E-state index is -0.538.